The number of para-hydroxylation sites is 1. The molecule has 1 fully saturated rings. The van der Waals surface area contributed by atoms with Crippen LogP contribution in [0.15, 0.2) is 87.1 Å². The SMILES string of the molecule is O=S(=O)(c1ccc2c(c1)OCCO2)c1nc(-c2ccccc2Cl)oc1N1CCN(c2ccccc2)CC1. The van der Waals surface area contributed by atoms with E-state index in [4.69, 9.17) is 25.5 Å². The molecule has 0 bridgehead atoms. The van der Waals surface area contributed by atoms with E-state index in [1.165, 1.54) is 12.1 Å². The number of hydrogen-bond donors (Lipinski definition) is 0. The maximum atomic E-state index is 13.9. The highest BCUT2D eigenvalue weighted by Crippen LogP contribution is 2.39. The van der Waals surface area contributed by atoms with Gasteiger partial charge in [0.15, 0.2) is 11.5 Å². The average Bonchev–Trinajstić information content (AvgIpc) is 3.40. The molecule has 8 nitrogen and oxygen atoms in total. The first-order valence-corrected chi connectivity index (χ1v) is 13.8. The molecule has 0 N–H and O–H groups in total. The van der Waals surface area contributed by atoms with E-state index in [0.717, 1.165) is 5.69 Å². The van der Waals surface area contributed by atoms with Gasteiger partial charge in [0, 0.05) is 37.9 Å². The summed E-state index contributed by atoms with van der Waals surface area (Å²) in [6.07, 6.45) is 0. The Kier molecular flexibility index (Phi) is 6.18. The quantitative estimate of drug-likeness (QED) is 0.354. The van der Waals surface area contributed by atoms with E-state index in [1.807, 2.05) is 23.1 Å². The summed E-state index contributed by atoms with van der Waals surface area (Å²) in [5.41, 5.74) is 1.65. The average molecular weight is 538 g/mol. The molecule has 1 saturated heterocycles. The number of aromatic nitrogens is 1. The Labute approximate surface area is 219 Å². The zero-order valence-corrected chi connectivity index (χ0v) is 21.4. The van der Waals surface area contributed by atoms with Crippen molar-refractivity contribution in [2.75, 3.05) is 49.2 Å². The summed E-state index contributed by atoms with van der Waals surface area (Å²) in [6, 6.07) is 21.8. The third kappa shape index (κ3) is 4.49. The maximum absolute atomic E-state index is 13.9. The summed E-state index contributed by atoms with van der Waals surface area (Å²) in [5, 5.41) is 0.278. The van der Waals surface area contributed by atoms with Gasteiger partial charge < -0.3 is 23.7 Å². The molecule has 2 aliphatic rings. The maximum Gasteiger partial charge on any atom is 0.236 e. The van der Waals surface area contributed by atoms with Crippen molar-refractivity contribution in [3.8, 4) is 23.0 Å². The number of benzene rings is 3. The van der Waals surface area contributed by atoms with Crippen LogP contribution in [0.3, 0.4) is 0 Å². The molecule has 0 atom stereocenters. The minimum Gasteiger partial charge on any atom is -0.486 e. The molecule has 6 rings (SSSR count). The lowest BCUT2D eigenvalue weighted by Crippen LogP contribution is -2.46. The lowest BCUT2D eigenvalue weighted by atomic mass is 10.2. The predicted molar refractivity (Wildman–Crippen MR) is 141 cm³/mol. The van der Waals surface area contributed by atoms with Crippen molar-refractivity contribution in [1.29, 1.82) is 0 Å². The molecule has 0 saturated carbocycles. The number of piperazine rings is 1. The molecule has 3 aromatic carbocycles. The number of nitrogens with zero attached hydrogens (tertiary/aromatic N) is 3. The van der Waals surface area contributed by atoms with Gasteiger partial charge in [0.25, 0.3) is 0 Å². The summed E-state index contributed by atoms with van der Waals surface area (Å²) in [5.74, 6) is 1.26. The molecular weight excluding hydrogens is 514 g/mol. The van der Waals surface area contributed by atoms with Gasteiger partial charge in [0.1, 0.15) is 13.2 Å². The number of ether oxygens (including phenoxy) is 2. The van der Waals surface area contributed by atoms with Gasteiger partial charge in [-0.2, -0.15) is 4.98 Å². The van der Waals surface area contributed by atoms with E-state index < -0.39 is 9.84 Å². The number of sulfone groups is 1. The second kappa shape index (κ2) is 9.64. The standard InChI is InChI=1S/C27H24ClN3O5S/c28-22-9-5-4-8-21(22)25-29-26(37(32,33)20-10-11-23-24(18-20)35-17-16-34-23)27(36-25)31-14-12-30(13-15-31)19-6-2-1-3-7-19/h1-11,18H,12-17H2. The van der Waals surface area contributed by atoms with E-state index in [0.29, 0.717) is 61.5 Å². The highest BCUT2D eigenvalue weighted by atomic mass is 35.5. The Balaban J connectivity index is 1.39. The van der Waals surface area contributed by atoms with Crippen LogP contribution in [0, 0.1) is 0 Å². The van der Waals surface area contributed by atoms with Crippen LogP contribution in [-0.2, 0) is 9.84 Å². The Bertz CT molecular complexity index is 1530. The zero-order chi connectivity index (χ0) is 25.4. The lowest BCUT2D eigenvalue weighted by Gasteiger charge is -2.36. The first-order chi connectivity index (χ1) is 18.0. The predicted octanol–water partition coefficient (Wildman–Crippen LogP) is 4.93. The van der Waals surface area contributed by atoms with Gasteiger partial charge in [0.05, 0.1) is 15.5 Å². The first kappa shape index (κ1) is 23.7. The summed E-state index contributed by atoms with van der Waals surface area (Å²) >= 11 is 6.40. The summed E-state index contributed by atoms with van der Waals surface area (Å²) in [6.45, 7) is 3.31. The molecule has 37 heavy (non-hydrogen) atoms. The fourth-order valence-electron chi connectivity index (χ4n) is 4.53. The van der Waals surface area contributed by atoms with Crippen molar-refractivity contribution in [3.05, 3.63) is 77.8 Å². The van der Waals surface area contributed by atoms with E-state index >= 15 is 0 Å². The number of fused-ring (bicyclic) bond motifs is 1. The van der Waals surface area contributed by atoms with Crippen LogP contribution in [0.5, 0.6) is 11.5 Å². The first-order valence-electron chi connectivity index (χ1n) is 12.0. The third-order valence-electron chi connectivity index (χ3n) is 6.45. The van der Waals surface area contributed by atoms with E-state index in [1.54, 1.807) is 30.3 Å². The van der Waals surface area contributed by atoms with Crippen LogP contribution in [-0.4, -0.2) is 52.8 Å². The molecule has 2 aliphatic heterocycles. The number of hydrogen-bond acceptors (Lipinski definition) is 8. The number of oxazole rings is 1. The van der Waals surface area contributed by atoms with Gasteiger partial charge in [0.2, 0.25) is 26.6 Å². The molecule has 4 aromatic rings. The summed E-state index contributed by atoms with van der Waals surface area (Å²) < 4.78 is 45.2. The Morgan fingerprint density at radius 2 is 1.46 bits per heavy atom. The zero-order valence-electron chi connectivity index (χ0n) is 19.8. The smallest absolute Gasteiger partial charge is 0.236 e. The van der Waals surface area contributed by atoms with Gasteiger partial charge >= 0.3 is 0 Å². The topological polar surface area (TPSA) is 85.1 Å². The Morgan fingerprint density at radius 3 is 2.22 bits per heavy atom. The number of rotatable bonds is 5. The lowest BCUT2D eigenvalue weighted by molar-refractivity contribution is 0.171. The van der Waals surface area contributed by atoms with E-state index in [-0.39, 0.29) is 21.7 Å². The highest BCUT2D eigenvalue weighted by molar-refractivity contribution is 7.91. The largest absolute Gasteiger partial charge is 0.486 e. The molecule has 190 valence electrons. The minimum absolute atomic E-state index is 0.0555. The molecular formula is C27H24ClN3O5S. The van der Waals surface area contributed by atoms with Crippen LogP contribution in [0.2, 0.25) is 5.02 Å². The fraction of sp³-hybridized carbons (Fsp3) is 0.222. The molecule has 3 heterocycles. The van der Waals surface area contributed by atoms with Crippen molar-refractivity contribution in [2.24, 2.45) is 0 Å². The summed E-state index contributed by atoms with van der Waals surface area (Å²) in [4.78, 5) is 8.73. The molecule has 0 unspecified atom stereocenters. The van der Waals surface area contributed by atoms with Gasteiger partial charge in [-0.1, -0.05) is 41.9 Å². The normalized spacial score (nSPS) is 15.6. The molecule has 10 heteroatoms. The van der Waals surface area contributed by atoms with Crippen molar-refractivity contribution >= 4 is 33.0 Å². The number of anilines is 2. The fourth-order valence-corrected chi connectivity index (χ4v) is 6.08. The van der Waals surface area contributed by atoms with Crippen molar-refractivity contribution in [3.63, 3.8) is 0 Å². The van der Waals surface area contributed by atoms with Gasteiger partial charge in [-0.3, -0.25) is 0 Å². The molecule has 0 radical (unpaired) electrons. The van der Waals surface area contributed by atoms with Gasteiger partial charge in [-0.05, 0) is 36.4 Å². The third-order valence-corrected chi connectivity index (χ3v) is 8.43. The minimum atomic E-state index is -4.06. The van der Waals surface area contributed by atoms with E-state index in [9.17, 15) is 8.42 Å². The Hall–Kier alpha value is -3.69. The van der Waals surface area contributed by atoms with Crippen LogP contribution < -0.4 is 19.3 Å². The van der Waals surface area contributed by atoms with Crippen LogP contribution in [0.1, 0.15) is 0 Å². The van der Waals surface area contributed by atoms with Crippen molar-refractivity contribution in [2.45, 2.75) is 9.92 Å². The second-order valence-corrected chi connectivity index (χ2v) is 11.0. The van der Waals surface area contributed by atoms with E-state index in [2.05, 4.69) is 22.0 Å². The monoisotopic (exact) mass is 537 g/mol. The summed E-state index contributed by atoms with van der Waals surface area (Å²) in [7, 11) is -4.06. The van der Waals surface area contributed by atoms with Gasteiger partial charge in [-0.25, -0.2) is 8.42 Å². The number of halogens is 1. The van der Waals surface area contributed by atoms with Crippen LogP contribution >= 0.6 is 11.6 Å². The van der Waals surface area contributed by atoms with Crippen molar-refractivity contribution < 1.29 is 22.3 Å². The highest BCUT2D eigenvalue weighted by Gasteiger charge is 2.34. The molecule has 0 spiro atoms. The molecule has 0 amide bonds. The van der Waals surface area contributed by atoms with Crippen LogP contribution in [0.4, 0.5) is 11.6 Å². The molecule has 0 aliphatic carbocycles. The second-order valence-electron chi connectivity index (χ2n) is 8.73. The molecule has 1 aromatic heterocycles. The Morgan fingerprint density at radius 1 is 0.784 bits per heavy atom. The van der Waals surface area contributed by atoms with Crippen molar-refractivity contribution in [1.82, 2.24) is 4.98 Å². The van der Waals surface area contributed by atoms with Gasteiger partial charge in [-0.15, -0.1) is 0 Å². The van der Waals surface area contributed by atoms with Crippen LogP contribution in [0.25, 0.3) is 11.5 Å².